The molecule has 2 aromatic carbocycles. The van der Waals surface area contributed by atoms with E-state index in [9.17, 15) is 4.79 Å². The molecule has 0 saturated heterocycles. The zero-order valence-corrected chi connectivity index (χ0v) is 13.9. The van der Waals surface area contributed by atoms with Crippen LogP contribution in [-0.4, -0.2) is 12.6 Å². The summed E-state index contributed by atoms with van der Waals surface area (Å²) in [5.41, 5.74) is 1.81. The smallest absolute Gasteiger partial charge is 0.319 e. The number of carbonyl (C=O) groups excluding carboxylic acids is 1. The van der Waals surface area contributed by atoms with E-state index in [1.807, 2.05) is 61.5 Å². The third kappa shape index (κ3) is 5.02. The van der Waals surface area contributed by atoms with E-state index in [0.29, 0.717) is 12.3 Å². The molecule has 1 atom stereocenters. The molecule has 0 fully saturated rings. The first kappa shape index (κ1) is 16.9. The summed E-state index contributed by atoms with van der Waals surface area (Å²) in [6.45, 7) is 6.71. The molecule has 0 saturated carbocycles. The van der Waals surface area contributed by atoms with Gasteiger partial charge in [-0.05, 0) is 30.5 Å². The van der Waals surface area contributed by atoms with Gasteiger partial charge in [-0.2, -0.15) is 0 Å². The van der Waals surface area contributed by atoms with Crippen LogP contribution < -0.4 is 15.4 Å². The van der Waals surface area contributed by atoms with Crippen molar-refractivity contribution in [3.8, 4) is 5.75 Å². The molecule has 4 nitrogen and oxygen atoms in total. The number of hydrogen-bond acceptors (Lipinski definition) is 2. The predicted molar refractivity (Wildman–Crippen MR) is 93.8 cm³/mol. The molecule has 0 aliphatic carbocycles. The topological polar surface area (TPSA) is 50.4 Å². The molecule has 23 heavy (non-hydrogen) atoms. The van der Waals surface area contributed by atoms with Gasteiger partial charge in [0.1, 0.15) is 5.75 Å². The zero-order valence-electron chi connectivity index (χ0n) is 13.9. The van der Waals surface area contributed by atoms with Gasteiger partial charge in [-0.1, -0.05) is 50.2 Å². The maximum atomic E-state index is 12.3. The van der Waals surface area contributed by atoms with Crippen LogP contribution in [0.1, 0.15) is 32.4 Å². The fourth-order valence-corrected chi connectivity index (χ4v) is 2.43. The van der Waals surface area contributed by atoms with Gasteiger partial charge in [-0.3, -0.25) is 0 Å². The molecule has 0 aromatic heterocycles. The van der Waals surface area contributed by atoms with Crippen molar-refractivity contribution < 1.29 is 9.53 Å². The van der Waals surface area contributed by atoms with Crippen LogP contribution in [-0.2, 0) is 0 Å². The molecule has 0 spiro atoms. The molecule has 122 valence electrons. The van der Waals surface area contributed by atoms with Crippen molar-refractivity contribution in [2.75, 3.05) is 11.9 Å². The zero-order chi connectivity index (χ0) is 16.7. The first-order chi connectivity index (χ1) is 11.1. The Morgan fingerprint density at radius 1 is 1.09 bits per heavy atom. The van der Waals surface area contributed by atoms with E-state index in [4.69, 9.17) is 4.74 Å². The molecule has 1 unspecified atom stereocenters. The van der Waals surface area contributed by atoms with Crippen molar-refractivity contribution in [3.63, 3.8) is 0 Å². The lowest BCUT2D eigenvalue weighted by molar-refractivity contribution is 0.244. The van der Waals surface area contributed by atoms with Gasteiger partial charge >= 0.3 is 6.03 Å². The molecular weight excluding hydrogens is 288 g/mol. The first-order valence-electron chi connectivity index (χ1n) is 7.95. The summed E-state index contributed by atoms with van der Waals surface area (Å²) in [6.07, 6.45) is 0. The number of urea groups is 1. The minimum Gasteiger partial charge on any atom is -0.494 e. The van der Waals surface area contributed by atoms with Crippen LogP contribution in [0.15, 0.2) is 54.6 Å². The fraction of sp³-hybridized carbons (Fsp3) is 0.316. The average Bonchev–Trinajstić information content (AvgIpc) is 2.54. The van der Waals surface area contributed by atoms with Gasteiger partial charge in [-0.15, -0.1) is 0 Å². The Kier molecular flexibility index (Phi) is 6.03. The minimum atomic E-state index is -0.221. The Balaban J connectivity index is 2.04. The second-order valence-electron chi connectivity index (χ2n) is 5.69. The lowest BCUT2D eigenvalue weighted by Gasteiger charge is -2.23. The van der Waals surface area contributed by atoms with E-state index in [1.165, 1.54) is 0 Å². The van der Waals surface area contributed by atoms with Crippen molar-refractivity contribution in [3.05, 3.63) is 60.2 Å². The summed E-state index contributed by atoms with van der Waals surface area (Å²) >= 11 is 0. The van der Waals surface area contributed by atoms with Crippen molar-refractivity contribution in [1.29, 1.82) is 0 Å². The van der Waals surface area contributed by atoms with Crippen LogP contribution in [0.4, 0.5) is 10.5 Å². The Morgan fingerprint density at radius 2 is 1.83 bits per heavy atom. The Labute approximate surface area is 137 Å². The SMILES string of the molecule is CCOc1cccc(NC(=O)NC(c2ccccc2)C(C)C)c1. The number of benzene rings is 2. The van der Waals surface area contributed by atoms with E-state index < -0.39 is 0 Å². The number of rotatable bonds is 6. The number of anilines is 1. The highest BCUT2D eigenvalue weighted by atomic mass is 16.5. The highest BCUT2D eigenvalue weighted by Crippen LogP contribution is 2.22. The Morgan fingerprint density at radius 3 is 2.48 bits per heavy atom. The Bertz CT molecular complexity index is 626. The van der Waals surface area contributed by atoms with Crippen LogP contribution >= 0.6 is 0 Å². The van der Waals surface area contributed by atoms with E-state index in [0.717, 1.165) is 11.3 Å². The molecule has 2 rings (SSSR count). The van der Waals surface area contributed by atoms with Crippen molar-refractivity contribution in [2.45, 2.75) is 26.8 Å². The minimum absolute atomic E-state index is 0.0359. The monoisotopic (exact) mass is 312 g/mol. The molecular formula is C19H24N2O2. The van der Waals surface area contributed by atoms with Crippen LogP contribution in [0.25, 0.3) is 0 Å². The fourth-order valence-electron chi connectivity index (χ4n) is 2.43. The van der Waals surface area contributed by atoms with E-state index in [1.54, 1.807) is 0 Å². The Hall–Kier alpha value is -2.49. The maximum absolute atomic E-state index is 12.3. The van der Waals surface area contributed by atoms with Crippen LogP contribution in [0.5, 0.6) is 5.75 Å². The van der Waals surface area contributed by atoms with Gasteiger partial charge in [-0.25, -0.2) is 4.79 Å². The lowest BCUT2D eigenvalue weighted by Crippen LogP contribution is -2.35. The first-order valence-corrected chi connectivity index (χ1v) is 7.95. The largest absolute Gasteiger partial charge is 0.494 e. The molecule has 0 bridgehead atoms. The molecule has 2 amide bonds. The van der Waals surface area contributed by atoms with Crippen molar-refractivity contribution in [1.82, 2.24) is 5.32 Å². The predicted octanol–water partition coefficient (Wildman–Crippen LogP) is 4.60. The van der Waals surface area contributed by atoms with E-state index >= 15 is 0 Å². The summed E-state index contributed by atoms with van der Waals surface area (Å²) in [4.78, 5) is 12.3. The van der Waals surface area contributed by atoms with Gasteiger partial charge < -0.3 is 15.4 Å². The number of hydrogen-bond donors (Lipinski definition) is 2. The molecule has 0 radical (unpaired) electrons. The highest BCUT2D eigenvalue weighted by molar-refractivity contribution is 5.89. The quantitative estimate of drug-likeness (QED) is 0.818. The number of ether oxygens (including phenoxy) is 1. The van der Waals surface area contributed by atoms with E-state index in [-0.39, 0.29) is 18.0 Å². The second-order valence-corrected chi connectivity index (χ2v) is 5.69. The number of carbonyl (C=O) groups is 1. The van der Waals surface area contributed by atoms with Gasteiger partial charge in [0.15, 0.2) is 0 Å². The summed E-state index contributed by atoms with van der Waals surface area (Å²) in [6, 6.07) is 17.1. The summed E-state index contributed by atoms with van der Waals surface area (Å²) in [5, 5.41) is 5.91. The summed E-state index contributed by atoms with van der Waals surface area (Å²) in [5.74, 6) is 1.03. The third-order valence-corrected chi connectivity index (χ3v) is 3.51. The number of amides is 2. The summed E-state index contributed by atoms with van der Waals surface area (Å²) in [7, 11) is 0. The molecule has 2 aromatic rings. The van der Waals surface area contributed by atoms with Crippen LogP contribution in [0, 0.1) is 5.92 Å². The second kappa shape index (κ2) is 8.22. The molecule has 0 aliphatic heterocycles. The van der Waals surface area contributed by atoms with Crippen LogP contribution in [0.2, 0.25) is 0 Å². The summed E-state index contributed by atoms with van der Waals surface area (Å²) < 4.78 is 5.45. The van der Waals surface area contributed by atoms with Gasteiger partial charge in [0.05, 0.1) is 12.6 Å². The maximum Gasteiger partial charge on any atom is 0.319 e. The standard InChI is InChI=1S/C19H24N2O2/c1-4-23-17-12-8-11-16(13-17)20-19(22)21-18(14(2)3)15-9-6-5-7-10-15/h5-14,18H,4H2,1-3H3,(H2,20,21,22). The molecule has 0 aliphatic rings. The van der Waals surface area contributed by atoms with E-state index in [2.05, 4.69) is 24.5 Å². The van der Waals surface area contributed by atoms with Crippen molar-refractivity contribution in [2.24, 2.45) is 5.92 Å². The highest BCUT2D eigenvalue weighted by Gasteiger charge is 2.18. The van der Waals surface area contributed by atoms with Gasteiger partial charge in [0.25, 0.3) is 0 Å². The normalized spacial score (nSPS) is 11.8. The molecule has 4 heteroatoms. The van der Waals surface area contributed by atoms with Crippen molar-refractivity contribution >= 4 is 11.7 Å². The average molecular weight is 312 g/mol. The molecule has 2 N–H and O–H groups in total. The van der Waals surface area contributed by atoms with Gasteiger partial charge in [0.2, 0.25) is 0 Å². The lowest BCUT2D eigenvalue weighted by atomic mass is 9.96. The van der Waals surface area contributed by atoms with Crippen LogP contribution in [0.3, 0.4) is 0 Å². The molecule has 0 heterocycles. The number of nitrogens with one attached hydrogen (secondary N) is 2. The van der Waals surface area contributed by atoms with Gasteiger partial charge in [0, 0.05) is 11.8 Å². The third-order valence-electron chi connectivity index (χ3n) is 3.51.